The van der Waals surface area contributed by atoms with Crippen LogP contribution in [0, 0.1) is 18.3 Å². The van der Waals surface area contributed by atoms with Crippen molar-refractivity contribution in [3.05, 3.63) is 53.1 Å². The molecule has 2 rings (SSSR count). The van der Waals surface area contributed by atoms with Gasteiger partial charge in [0.15, 0.2) is 0 Å². The number of aryl methyl sites for hydroxylation is 1. The summed E-state index contributed by atoms with van der Waals surface area (Å²) in [5, 5.41) is 8.84. The molecule has 0 saturated heterocycles. The third-order valence-corrected chi connectivity index (χ3v) is 3.24. The first-order valence-corrected chi connectivity index (χ1v) is 6.59. The van der Waals surface area contributed by atoms with Gasteiger partial charge in [0, 0.05) is 0 Å². The summed E-state index contributed by atoms with van der Waals surface area (Å²) >= 11 is 0. The first kappa shape index (κ1) is 14.0. The van der Waals surface area contributed by atoms with Crippen LogP contribution in [-0.2, 0) is 0 Å². The fraction of sp³-hybridized carbons (Fsp3) is 0.235. The minimum absolute atomic E-state index is 0.441. The Morgan fingerprint density at radius 2 is 1.85 bits per heavy atom. The average molecular weight is 266 g/mol. The number of nitriles is 1. The molecule has 0 aliphatic heterocycles. The molecular weight excluding hydrogens is 248 g/mol. The van der Waals surface area contributed by atoms with E-state index in [4.69, 9.17) is 15.7 Å². The summed E-state index contributed by atoms with van der Waals surface area (Å²) in [5.41, 5.74) is 9.19. The van der Waals surface area contributed by atoms with E-state index >= 15 is 0 Å². The normalized spacial score (nSPS) is 10.3. The Kier molecular flexibility index (Phi) is 3.95. The summed E-state index contributed by atoms with van der Waals surface area (Å²) in [4.78, 5) is 0. The second kappa shape index (κ2) is 5.66. The molecule has 0 saturated carbocycles. The first-order chi connectivity index (χ1) is 9.51. The summed E-state index contributed by atoms with van der Waals surface area (Å²) in [7, 11) is 0. The van der Waals surface area contributed by atoms with Gasteiger partial charge >= 0.3 is 0 Å². The van der Waals surface area contributed by atoms with Gasteiger partial charge in [0.05, 0.1) is 17.3 Å². The Balaban J connectivity index is 2.35. The fourth-order valence-electron chi connectivity index (χ4n) is 1.92. The molecule has 0 atom stereocenters. The number of hydrogen-bond acceptors (Lipinski definition) is 3. The zero-order valence-electron chi connectivity index (χ0n) is 12.0. The number of rotatable bonds is 3. The van der Waals surface area contributed by atoms with Crippen LogP contribution in [0.1, 0.15) is 36.5 Å². The maximum atomic E-state index is 8.84. The molecular formula is C17H18N2O. The van der Waals surface area contributed by atoms with E-state index in [-0.39, 0.29) is 0 Å². The molecule has 2 aromatic carbocycles. The first-order valence-electron chi connectivity index (χ1n) is 6.59. The molecule has 2 N–H and O–H groups in total. The second-order valence-electron chi connectivity index (χ2n) is 5.15. The molecule has 20 heavy (non-hydrogen) atoms. The Bertz CT molecular complexity index is 669. The molecule has 102 valence electrons. The van der Waals surface area contributed by atoms with Gasteiger partial charge < -0.3 is 10.5 Å². The summed E-state index contributed by atoms with van der Waals surface area (Å²) in [6, 6.07) is 13.3. The maximum Gasteiger partial charge on any atom is 0.150 e. The van der Waals surface area contributed by atoms with E-state index < -0.39 is 0 Å². The number of anilines is 1. The predicted molar refractivity (Wildman–Crippen MR) is 80.9 cm³/mol. The van der Waals surface area contributed by atoms with E-state index in [1.807, 2.05) is 19.1 Å². The molecule has 3 heteroatoms. The van der Waals surface area contributed by atoms with Crippen LogP contribution >= 0.6 is 0 Å². The molecule has 0 fully saturated rings. The molecule has 0 radical (unpaired) electrons. The van der Waals surface area contributed by atoms with E-state index in [1.165, 1.54) is 5.56 Å². The average Bonchev–Trinajstić information content (AvgIpc) is 2.42. The lowest BCUT2D eigenvalue weighted by atomic mass is 10.0. The Morgan fingerprint density at radius 1 is 1.10 bits per heavy atom. The van der Waals surface area contributed by atoms with E-state index in [2.05, 4.69) is 26.0 Å². The van der Waals surface area contributed by atoms with Crippen LogP contribution in [0.2, 0.25) is 0 Å². The summed E-state index contributed by atoms with van der Waals surface area (Å²) in [6.07, 6.45) is 0. The summed E-state index contributed by atoms with van der Waals surface area (Å²) in [5.74, 6) is 1.82. The summed E-state index contributed by atoms with van der Waals surface area (Å²) in [6.45, 7) is 6.29. The van der Waals surface area contributed by atoms with E-state index in [9.17, 15) is 0 Å². The van der Waals surface area contributed by atoms with Crippen LogP contribution in [-0.4, -0.2) is 0 Å². The quantitative estimate of drug-likeness (QED) is 0.839. The van der Waals surface area contributed by atoms with Crippen molar-refractivity contribution >= 4 is 5.69 Å². The smallest absolute Gasteiger partial charge is 0.150 e. The van der Waals surface area contributed by atoms with Crippen molar-refractivity contribution < 1.29 is 4.74 Å². The van der Waals surface area contributed by atoms with Crippen LogP contribution in [0.15, 0.2) is 36.4 Å². The largest absolute Gasteiger partial charge is 0.455 e. The van der Waals surface area contributed by atoms with Gasteiger partial charge in [-0.3, -0.25) is 0 Å². The van der Waals surface area contributed by atoms with Crippen molar-refractivity contribution in [2.75, 3.05) is 5.73 Å². The minimum Gasteiger partial charge on any atom is -0.455 e. The SMILES string of the molecule is Cc1ccc(C(C)C)cc1Oc1ccc(C#N)cc1N. The predicted octanol–water partition coefficient (Wildman–Crippen LogP) is 4.36. The highest BCUT2D eigenvalue weighted by Gasteiger charge is 2.08. The molecule has 0 aliphatic carbocycles. The lowest BCUT2D eigenvalue weighted by Crippen LogP contribution is -1.96. The van der Waals surface area contributed by atoms with E-state index in [0.29, 0.717) is 22.9 Å². The minimum atomic E-state index is 0.441. The second-order valence-corrected chi connectivity index (χ2v) is 5.15. The lowest BCUT2D eigenvalue weighted by molar-refractivity contribution is 0.480. The molecule has 0 spiro atoms. The highest BCUT2D eigenvalue weighted by molar-refractivity contribution is 5.58. The van der Waals surface area contributed by atoms with Crippen molar-refractivity contribution in [1.82, 2.24) is 0 Å². The number of nitrogen functional groups attached to an aromatic ring is 1. The molecule has 2 aromatic rings. The van der Waals surface area contributed by atoms with E-state index in [0.717, 1.165) is 11.3 Å². The number of nitrogens with two attached hydrogens (primary N) is 1. The Labute approximate surface area is 119 Å². The summed E-state index contributed by atoms with van der Waals surface area (Å²) < 4.78 is 5.90. The maximum absolute atomic E-state index is 8.84. The van der Waals surface area contributed by atoms with E-state index in [1.54, 1.807) is 18.2 Å². The molecule has 0 bridgehead atoms. The van der Waals surface area contributed by atoms with Crippen molar-refractivity contribution in [2.24, 2.45) is 0 Å². The third kappa shape index (κ3) is 2.92. The highest BCUT2D eigenvalue weighted by Crippen LogP contribution is 2.32. The van der Waals surface area contributed by atoms with Crippen LogP contribution in [0.25, 0.3) is 0 Å². The molecule has 0 heterocycles. The van der Waals surface area contributed by atoms with Gasteiger partial charge in [-0.05, 0) is 48.2 Å². The molecule has 0 unspecified atom stereocenters. The zero-order valence-corrected chi connectivity index (χ0v) is 12.0. The fourth-order valence-corrected chi connectivity index (χ4v) is 1.92. The highest BCUT2D eigenvalue weighted by atomic mass is 16.5. The van der Waals surface area contributed by atoms with Gasteiger partial charge in [-0.15, -0.1) is 0 Å². The van der Waals surface area contributed by atoms with Crippen LogP contribution in [0.5, 0.6) is 11.5 Å². The van der Waals surface area contributed by atoms with Crippen LogP contribution in [0.3, 0.4) is 0 Å². The van der Waals surface area contributed by atoms with Crippen molar-refractivity contribution in [3.63, 3.8) is 0 Å². The monoisotopic (exact) mass is 266 g/mol. The molecule has 0 aromatic heterocycles. The number of ether oxygens (including phenoxy) is 1. The van der Waals surface area contributed by atoms with Gasteiger partial charge in [-0.2, -0.15) is 5.26 Å². The molecule has 3 nitrogen and oxygen atoms in total. The Morgan fingerprint density at radius 3 is 2.45 bits per heavy atom. The van der Waals surface area contributed by atoms with Crippen LogP contribution < -0.4 is 10.5 Å². The van der Waals surface area contributed by atoms with Gasteiger partial charge in [0.2, 0.25) is 0 Å². The van der Waals surface area contributed by atoms with Crippen molar-refractivity contribution in [3.8, 4) is 17.6 Å². The lowest BCUT2D eigenvalue weighted by Gasteiger charge is -2.13. The number of hydrogen-bond donors (Lipinski definition) is 1. The topological polar surface area (TPSA) is 59.0 Å². The molecule has 0 amide bonds. The van der Waals surface area contributed by atoms with Crippen molar-refractivity contribution in [1.29, 1.82) is 5.26 Å². The van der Waals surface area contributed by atoms with Gasteiger partial charge in [0.25, 0.3) is 0 Å². The third-order valence-electron chi connectivity index (χ3n) is 3.24. The standard InChI is InChI=1S/C17H18N2O/c1-11(2)14-6-4-12(3)17(9-14)20-16-7-5-13(10-18)8-15(16)19/h4-9,11H,19H2,1-3H3. The van der Waals surface area contributed by atoms with Gasteiger partial charge in [-0.1, -0.05) is 26.0 Å². The number of nitrogens with zero attached hydrogens (tertiary/aromatic N) is 1. The van der Waals surface area contributed by atoms with Crippen molar-refractivity contribution in [2.45, 2.75) is 26.7 Å². The number of benzene rings is 2. The Hall–Kier alpha value is -2.47. The van der Waals surface area contributed by atoms with Crippen LogP contribution in [0.4, 0.5) is 5.69 Å². The molecule has 0 aliphatic rings. The van der Waals surface area contributed by atoms with Gasteiger partial charge in [0.1, 0.15) is 11.5 Å². The van der Waals surface area contributed by atoms with Gasteiger partial charge in [-0.25, -0.2) is 0 Å². The zero-order chi connectivity index (χ0) is 14.7.